The number of nitrogens with zero attached hydrogens (tertiary/aromatic N) is 3. The zero-order valence-electron chi connectivity index (χ0n) is 15.5. The molecule has 2 aliphatic heterocycles. The Kier molecular flexibility index (Phi) is 4.36. The van der Waals surface area contributed by atoms with Gasteiger partial charge < -0.3 is 14.4 Å². The molecule has 1 amide bonds. The van der Waals surface area contributed by atoms with Crippen molar-refractivity contribution in [1.29, 1.82) is 0 Å². The van der Waals surface area contributed by atoms with Crippen molar-refractivity contribution in [2.45, 2.75) is 64.2 Å². The van der Waals surface area contributed by atoms with Crippen LogP contribution in [0.4, 0.5) is 0 Å². The second-order valence-electron chi connectivity index (χ2n) is 8.55. The van der Waals surface area contributed by atoms with Crippen LogP contribution < -0.4 is 0 Å². The maximum atomic E-state index is 13.0. The Morgan fingerprint density at radius 1 is 1.12 bits per heavy atom. The van der Waals surface area contributed by atoms with Crippen molar-refractivity contribution in [1.82, 2.24) is 14.7 Å². The Morgan fingerprint density at radius 2 is 1.76 bits per heavy atom. The second-order valence-corrected chi connectivity index (χ2v) is 8.55. The molecular formula is C19H29N3O3. The number of rotatable bonds is 3. The number of carbonyl (C=O) groups excluding carboxylic acids is 1. The number of piperidine rings is 1. The smallest absolute Gasteiger partial charge is 0.274 e. The minimum atomic E-state index is -0.0966. The predicted molar refractivity (Wildman–Crippen MR) is 93.5 cm³/mol. The molecule has 1 saturated carbocycles. The summed E-state index contributed by atoms with van der Waals surface area (Å²) < 4.78 is 13.3. The van der Waals surface area contributed by atoms with E-state index >= 15 is 0 Å². The van der Waals surface area contributed by atoms with Crippen molar-refractivity contribution in [3.05, 3.63) is 17.5 Å². The first-order chi connectivity index (χ1) is 11.9. The molecule has 0 bridgehead atoms. The molecule has 0 radical (unpaired) electrons. The van der Waals surface area contributed by atoms with Crippen LogP contribution in [0.25, 0.3) is 0 Å². The van der Waals surface area contributed by atoms with Crippen LogP contribution >= 0.6 is 0 Å². The van der Waals surface area contributed by atoms with Gasteiger partial charge in [-0.15, -0.1) is 0 Å². The van der Waals surface area contributed by atoms with E-state index in [1.807, 2.05) is 11.0 Å². The number of carbonyl (C=O) groups is 1. The number of hydrogen-bond acceptors (Lipinski definition) is 4. The van der Waals surface area contributed by atoms with E-state index in [2.05, 4.69) is 25.5 Å². The third-order valence-corrected chi connectivity index (χ3v) is 5.45. The summed E-state index contributed by atoms with van der Waals surface area (Å²) in [7, 11) is 0. The van der Waals surface area contributed by atoms with E-state index in [4.69, 9.17) is 14.6 Å². The molecule has 6 heteroatoms. The molecule has 3 fully saturated rings. The van der Waals surface area contributed by atoms with Crippen LogP contribution in [0.3, 0.4) is 0 Å². The van der Waals surface area contributed by atoms with Crippen LogP contribution in [0.1, 0.15) is 68.6 Å². The Balaban J connectivity index is 1.44. The van der Waals surface area contributed by atoms with Gasteiger partial charge in [0.15, 0.2) is 12.0 Å². The molecule has 138 valence electrons. The maximum absolute atomic E-state index is 13.0. The maximum Gasteiger partial charge on any atom is 0.274 e. The molecule has 0 atom stereocenters. The second kappa shape index (κ2) is 6.40. The summed E-state index contributed by atoms with van der Waals surface area (Å²) in [6.45, 7) is 9.34. The highest BCUT2D eigenvalue weighted by molar-refractivity contribution is 5.92. The van der Waals surface area contributed by atoms with E-state index in [9.17, 15) is 4.79 Å². The molecule has 1 aliphatic carbocycles. The zero-order chi connectivity index (χ0) is 17.6. The van der Waals surface area contributed by atoms with E-state index in [1.165, 1.54) is 18.5 Å². The average Bonchev–Trinajstić information content (AvgIpc) is 3.12. The van der Waals surface area contributed by atoms with Gasteiger partial charge in [0.05, 0.1) is 18.8 Å². The highest BCUT2D eigenvalue weighted by atomic mass is 16.7. The van der Waals surface area contributed by atoms with Gasteiger partial charge in [0.1, 0.15) is 0 Å². The number of amides is 1. The quantitative estimate of drug-likeness (QED) is 0.844. The van der Waals surface area contributed by atoms with E-state index in [0.717, 1.165) is 25.9 Å². The van der Waals surface area contributed by atoms with Gasteiger partial charge in [0.25, 0.3) is 5.91 Å². The average molecular weight is 347 g/mol. The molecule has 0 spiro atoms. The molecule has 6 nitrogen and oxygen atoms in total. The molecular weight excluding hydrogens is 318 g/mol. The highest BCUT2D eigenvalue weighted by Gasteiger charge is 2.35. The Bertz CT molecular complexity index is 631. The summed E-state index contributed by atoms with van der Waals surface area (Å²) in [5.41, 5.74) is 1.72. The molecule has 2 saturated heterocycles. The van der Waals surface area contributed by atoms with E-state index < -0.39 is 0 Å². The minimum Gasteiger partial charge on any atom is -0.350 e. The van der Waals surface area contributed by atoms with Crippen molar-refractivity contribution in [2.75, 3.05) is 26.3 Å². The van der Waals surface area contributed by atoms with Crippen LogP contribution in [0, 0.1) is 5.92 Å². The normalized spacial score (nSPS) is 23.4. The summed E-state index contributed by atoms with van der Waals surface area (Å²) in [4.78, 5) is 14.9. The third-order valence-electron chi connectivity index (χ3n) is 5.45. The number of hydrogen-bond donors (Lipinski definition) is 0. The molecule has 1 aromatic rings. The summed E-state index contributed by atoms with van der Waals surface area (Å²) in [6.07, 6.45) is 4.22. The lowest BCUT2D eigenvalue weighted by Gasteiger charge is -2.33. The first-order valence-corrected chi connectivity index (χ1v) is 9.56. The van der Waals surface area contributed by atoms with Crippen molar-refractivity contribution in [3.63, 3.8) is 0 Å². The SMILES string of the molecule is CC(C)(C)n1nc(C(=O)N2CCC(C3OCCO3)CC2)cc1C1CC1. The highest BCUT2D eigenvalue weighted by Crippen LogP contribution is 2.42. The van der Waals surface area contributed by atoms with Gasteiger partial charge >= 0.3 is 0 Å². The molecule has 0 aromatic carbocycles. The Hall–Kier alpha value is -1.40. The van der Waals surface area contributed by atoms with Gasteiger partial charge in [-0.3, -0.25) is 9.48 Å². The summed E-state index contributed by atoms with van der Waals surface area (Å²) in [5.74, 6) is 1.05. The lowest BCUT2D eigenvalue weighted by atomic mass is 9.96. The monoisotopic (exact) mass is 347 g/mol. The summed E-state index contributed by atoms with van der Waals surface area (Å²) in [5, 5.41) is 4.69. The van der Waals surface area contributed by atoms with Crippen molar-refractivity contribution < 1.29 is 14.3 Å². The van der Waals surface area contributed by atoms with Crippen LogP contribution in [0.2, 0.25) is 0 Å². The molecule has 4 rings (SSSR count). The van der Waals surface area contributed by atoms with E-state index in [0.29, 0.717) is 30.7 Å². The standard InChI is InChI=1S/C19H29N3O3/c1-19(2,3)22-16(13-4-5-13)12-15(20-22)17(23)21-8-6-14(7-9-21)18-24-10-11-25-18/h12-14,18H,4-11H2,1-3H3. The fourth-order valence-corrected chi connectivity index (χ4v) is 3.89. The summed E-state index contributed by atoms with van der Waals surface area (Å²) in [6, 6.07) is 2.03. The number of likely N-dealkylation sites (tertiary alicyclic amines) is 1. The molecule has 0 N–H and O–H groups in total. The van der Waals surface area contributed by atoms with Gasteiger partial charge in [-0.25, -0.2) is 0 Å². The Labute approximate surface area is 149 Å². The zero-order valence-corrected chi connectivity index (χ0v) is 15.5. The van der Waals surface area contributed by atoms with Crippen molar-refractivity contribution >= 4 is 5.91 Å². The topological polar surface area (TPSA) is 56.6 Å². The molecule has 1 aromatic heterocycles. The van der Waals surface area contributed by atoms with Crippen LogP contribution in [-0.4, -0.2) is 53.2 Å². The lowest BCUT2D eigenvalue weighted by molar-refractivity contribution is -0.0956. The van der Waals surface area contributed by atoms with Crippen molar-refractivity contribution in [2.24, 2.45) is 5.92 Å². The van der Waals surface area contributed by atoms with Gasteiger partial charge in [-0.2, -0.15) is 5.10 Å². The van der Waals surface area contributed by atoms with Crippen LogP contribution in [0.5, 0.6) is 0 Å². The molecule has 0 unspecified atom stereocenters. The number of ether oxygens (including phenoxy) is 2. The fraction of sp³-hybridized carbons (Fsp3) is 0.789. The first kappa shape index (κ1) is 17.0. The molecule has 3 heterocycles. The van der Waals surface area contributed by atoms with Crippen LogP contribution in [0.15, 0.2) is 6.07 Å². The largest absolute Gasteiger partial charge is 0.350 e. The fourth-order valence-electron chi connectivity index (χ4n) is 3.89. The van der Waals surface area contributed by atoms with E-state index in [1.54, 1.807) is 0 Å². The lowest BCUT2D eigenvalue weighted by Crippen LogP contribution is -2.41. The molecule has 3 aliphatic rings. The summed E-state index contributed by atoms with van der Waals surface area (Å²) >= 11 is 0. The van der Waals surface area contributed by atoms with Gasteiger partial charge in [-0.05, 0) is 52.5 Å². The van der Waals surface area contributed by atoms with Gasteiger partial charge in [0.2, 0.25) is 0 Å². The molecule has 25 heavy (non-hydrogen) atoms. The minimum absolute atomic E-state index is 0.0663. The van der Waals surface area contributed by atoms with Crippen LogP contribution in [-0.2, 0) is 15.0 Å². The number of aromatic nitrogens is 2. The van der Waals surface area contributed by atoms with Crippen molar-refractivity contribution in [3.8, 4) is 0 Å². The van der Waals surface area contributed by atoms with Gasteiger partial charge in [-0.1, -0.05) is 0 Å². The third kappa shape index (κ3) is 3.47. The Morgan fingerprint density at radius 3 is 2.32 bits per heavy atom. The van der Waals surface area contributed by atoms with E-state index in [-0.39, 0.29) is 17.7 Å². The predicted octanol–water partition coefficient (Wildman–Crippen LogP) is 2.74. The van der Waals surface area contributed by atoms with Gasteiger partial charge in [0, 0.05) is 30.6 Å². The first-order valence-electron chi connectivity index (χ1n) is 9.56.